The molecule has 1 N–H and O–H groups in total. The fourth-order valence-corrected chi connectivity index (χ4v) is 6.98. The number of piperidine rings is 1. The molecule has 0 saturated carbocycles. The molecule has 0 aliphatic carbocycles. The Morgan fingerprint density at radius 1 is 1.20 bits per heavy atom. The molecular formula is C20H24ClN3O4S2. The number of halogens is 1. The quantitative estimate of drug-likeness (QED) is 0.729. The van der Waals surface area contributed by atoms with Crippen molar-refractivity contribution in [2.75, 3.05) is 19.6 Å². The molecule has 30 heavy (non-hydrogen) atoms. The van der Waals surface area contributed by atoms with Gasteiger partial charge in [-0.2, -0.15) is 4.72 Å². The normalized spacial score (nSPS) is 21.4. The minimum absolute atomic E-state index is 0.0621. The highest BCUT2D eigenvalue weighted by atomic mass is 35.5. The van der Waals surface area contributed by atoms with Gasteiger partial charge < -0.3 is 9.80 Å². The van der Waals surface area contributed by atoms with Crippen molar-refractivity contribution in [1.82, 2.24) is 14.5 Å². The number of carbonyl (C=O) groups excluding carboxylic acids is 2. The van der Waals surface area contributed by atoms with E-state index in [1.54, 1.807) is 36.1 Å². The molecule has 0 bridgehead atoms. The number of rotatable bonds is 5. The summed E-state index contributed by atoms with van der Waals surface area (Å²) in [5.41, 5.74) is 0. The summed E-state index contributed by atoms with van der Waals surface area (Å²) in [7, 11) is -3.86. The third-order valence-corrected chi connectivity index (χ3v) is 9.03. The van der Waals surface area contributed by atoms with Crippen molar-refractivity contribution in [3.8, 4) is 0 Å². The maximum atomic E-state index is 12.9. The van der Waals surface area contributed by atoms with Crippen LogP contribution in [0.25, 0.3) is 10.1 Å². The number of fused-ring (bicyclic) bond motifs is 1. The van der Waals surface area contributed by atoms with Gasteiger partial charge in [0.15, 0.2) is 0 Å². The molecule has 162 valence electrons. The Labute approximate surface area is 185 Å². The van der Waals surface area contributed by atoms with Crippen molar-refractivity contribution < 1.29 is 18.0 Å². The molecule has 0 spiro atoms. The van der Waals surface area contributed by atoms with Crippen LogP contribution in [-0.2, 0) is 19.6 Å². The van der Waals surface area contributed by atoms with Gasteiger partial charge in [0, 0.05) is 29.4 Å². The number of amides is 2. The minimum atomic E-state index is -3.86. The second-order valence-corrected chi connectivity index (χ2v) is 11.3. The lowest BCUT2D eigenvalue weighted by Crippen LogP contribution is -2.51. The van der Waals surface area contributed by atoms with Crippen molar-refractivity contribution >= 4 is 54.9 Å². The number of hydrogen-bond donors (Lipinski definition) is 1. The summed E-state index contributed by atoms with van der Waals surface area (Å²) in [6, 6.07) is 5.33. The van der Waals surface area contributed by atoms with Gasteiger partial charge in [-0.15, -0.1) is 11.3 Å². The smallest absolute Gasteiger partial charge is 0.250 e. The third kappa shape index (κ3) is 4.21. The van der Waals surface area contributed by atoms with Crippen LogP contribution >= 0.6 is 22.9 Å². The Balaban J connectivity index is 1.45. The van der Waals surface area contributed by atoms with E-state index in [0.29, 0.717) is 18.0 Å². The second-order valence-electron chi connectivity index (χ2n) is 7.80. The maximum Gasteiger partial charge on any atom is 0.250 e. The molecule has 10 heteroatoms. The van der Waals surface area contributed by atoms with E-state index in [1.165, 1.54) is 4.90 Å². The first kappa shape index (κ1) is 21.5. The molecule has 1 aromatic heterocycles. The summed E-state index contributed by atoms with van der Waals surface area (Å²) in [5.74, 6) is -0.409. The van der Waals surface area contributed by atoms with E-state index in [2.05, 4.69) is 4.72 Å². The van der Waals surface area contributed by atoms with Crippen LogP contribution in [0, 0.1) is 0 Å². The van der Waals surface area contributed by atoms with Crippen molar-refractivity contribution in [2.45, 2.75) is 48.9 Å². The lowest BCUT2D eigenvalue weighted by molar-refractivity contribution is -0.143. The summed E-state index contributed by atoms with van der Waals surface area (Å²) in [4.78, 5) is 28.9. The zero-order valence-electron chi connectivity index (χ0n) is 16.6. The first-order valence-electron chi connectivity index (χ1n) is 10.1. The van der Waals surface area contributed by atoms with E-state index in [9.17, 15) is 18.0 Å². The molecule has 0 radical (unpaired) electrons. The van der Waals surface area contributed by atoms with E-state index in [-0.39, 0.29) is 16.0 Å². The fourth-order valence-electron chi connectivity index (χ4n) is 4.07. The van der Waals surface area contributed by atoms with E-state index in [0.717, 1.165) is 53.8 Å². The molecule has 2 amide bonds. The maximum absolute atomic E-state index is 12.9. The predicted octanol–water partition coefficient (Wildman–Crippen LogP) is 2.83. The topological polar surface area (TPSA) is 86.8 Å². The molecule has 0 unspecified atom stereocenters. The number of benzene rings is 1. The highest BCUT2D eigenvalue weighted by molar-refractivity contribution is 7.91. The van der Waals surface area contributed by atoms with Crippen LogP contribution in [-0.4, -0.2) is 61.7 Å². The minimum Gasteiger partial charge on any atom is -0.341 e. The van der Waals surface area contributed by atoms with Crippen LogP contribution in [0.2, 0.25) is 5.02 Å². The third-order valence-electron chi connectivity index (χ3n) is 5.75. The average Bonchev–Trinajstić information content (AvgIpc) is 3.31. The van der Waals surface area contributed by atoms with Gasteiger partial charge in [0.2, 0.25) is 11.8 Å². The highest BCUT2D eigenvalue weighted by Gasteiger charge is 2.40. The molecule has 2 saturated heterocycles. The Morgan fingerprint density at radius 2 is 1.93 bits per heavy atom. The number of likely N-dealkylation sites (tertiary alicyclic amines) is 2. The Morgan fingerprint density at radius 3 is 2.67 bits per heavy atom. The molecule has 2 aliphatic heterocycles. The van der Waals surface area contributed by atoms with Gasteiger partial charge in [0.05, 0.1) is 0 Å². The van der Waals surface area contributed by atoms with Crippen LogP contribution in [0.4, 0.5) is 0 Å². The largest absolute Gasteiger partial charge is 0.341 e. The van der Waals surface area contributed by atoms with Crippen molar-refractivity contribution in [3.05, 3.63) is 29.3 Å². The number of nitrogens with one attached hydrogen (secondary N) is 1. The van der Waals surface area contributed by atoms with Gasteiger partial charge in [-0.1, -0.05) is 17.7 Å². The van der Waals surface area contributed by atoms with Crippen LogP contribution in [0.3, 0.4) is 0 Å². The van der Waals surface area contributed by atoms with Gasteiger partial charge >= 0.3 is 0 Å². The average molecular weight is 470 g/mol. The Kier molecular flexibility index (Phi) is 6.07. The standard InChI is InChI=1S/C20H24ClN3O4S2/c1-13(19(25)23-8-3-2-4-9-23)24-10-7-16(20(24)26)22-30(27,28)18-11-14-5-6-15(21)12-17(14)29-18/h5-6,11-13,16,22H,2-4,7-10H2,1H3/t13-,16-/m0/s1. The van der Waals surface area contributed by atoms with E-state index < -0.39 is 22.1 Å². The zero-order chi connectivity index (χ0) is 21.5. The second kappa shape index (κ2) is 8.45. The first-order chi connectivity index (χ1) is 14.3. The highest BCUT2D eigenvalue weighted by Crippen LogP contribution is 2.31. The van der Waals surface area contributed by atoms with Crippen molar-refractivity contribution in [3.63, 3.8) is 0 Å². The lowest BCUT2D eigenvalue weighted by Gasteiger charge is -2.32. The number of hydrogen-bond acceptors (Lipinski definition) is 5. The molecule has 1 aromatic carbocycles. The summed E-state index contributed by atoms with van der Waals surface area (Å²) in [6.07, 6.45) is 3.42. The zero-order valence-corrected chi connectivity index (χ0v) is 19.0. The van der Waals surface area contributed by atoms with Crippen LogP contribution in [0.5, 0.6) is 0 Å². The molecule has 2 aromatic rings. The lowest BCUT2D eigenvalue weighted by atomic mass is 10.1. The molecular weight excluding hydrogens is 446 g/mol. The van der Waals surface area contributed by atoms with Crippen molar-refractivity contribution in [2.24, 2.45) is 0 Å². The van der Waals surface area contributed by atoms with Crippen LogP contribution in [0.1, 0.15) is 32.6 Å². The summed E-state index contributed by atoms with van der Waals surface area (Å²) in [6.45, 7) is 3.52. The number of carbonyl (C=O) groups is 2. The first-order valence-corrected chi connectivity index (χ1v) is 12.7. The fraction of sp³-hybridized carbons (Fsp3) is 0.500. The van der Waals surface area contributed by atoms with Gasteiger partial charge in [0.1, 0.15) is 16.3 Å². The van der Waals surface area contributed by atoms with E-state index in [1.807, 2.05) is 0 Å². The monoisotopic (exact) mass is 469 g/mol. The Bertz CT molecular complexity index is 1080. The predicted molar refractivity (Wildman–Crippen MR) is 117 cm³/mol. The van der Waals surface area contributed by atoms with E-state index >= 15 is 0 Å². The SMILES string of the molecule is C[C@@H](C(=O)N1CCCCC1)N1CC[C@H](NS(=O)(=O)c2cc3ccc(Cl)cc3s2)C1=O. The molecule has 2 atom stereocenters. The molecule has 3 heterocycles. The van der Waals surface area contributed by atoms with Gasteiger partial charge in [-0.3, -0.25) is 9.59 Å². The number of nitrogens with zero attached hydrogens (tertiary/aromatic N) is 2. The molecule has 2 aliphatic rings. The summed E-state index contributed by atoms with van der Waals surface area (Å²) < 4.78 is 29.2. The summed E-state index contributed by atoms with van der Waals surface area (Å²) in [5, 5.41) is 1.32. The molecule has 2 fully saturated rings. The number of sulfonamides is 1. The molecule has 7 nitrogen and oxygen atoms in total. The van der Waals surface area contributed by atoms with Gasteiger partial charge in [-0.25, -0.2) is 8.42 Å². The van der Waals surface area contributed by atoms with Crippen LogP contribution in [0.15, 0.2) is 28.5 Å². The molecule has 4 rings (SSSR count). The van der Waals surface area contributed by atoms with E-state index in [4.69, 9.17) is 11.6 Å². The van der Waals surface area contributed by atoms with Crippen molar-refractivity contribution in [1.29, 1.82) is 0 Å². The van der Waals surface area contributed by atoms with Gasteiger partial charge in [-0.05, 0) is 56.2 Å². The van der Waals surface area contributed by atoms with Gasteiger partial charge in [0.25, 0.3) is 10.0 Å². The Hall–Kier alpha value is -1.68. The number of thiophene rings is 1. The van der Waals surface area contributed by atoms with Crippen LogP contribution < -0.4 is 4.72 Å². The summed E-state index contributed by atoms with van der Waals surface area (Å²) >= 11 is 7.10.